The second-order valence-corrected chi connectivity index (χ2v) is 5.94. The number of nitrogens with zero attached hydrogens (tertiary/aromatic N) is 4. The second-order valence-electron chi connectivity index (χ2n) is 5.94. The van der Waals surface area contributed by atoms with E-state index in [2.05, 4.69) is 16.7 Å². The molecule has 3 aromatic rings. The first-order chi connectivity index (χ1) is 11.4. The van der Waals surface area contributed by atoms with Crippen molar-refractivity contribution in [2.24, 2.45) is 0 Å². The van der Waals surface area contributed by atoms with Crippen LogP contribution in [0.1, 0.15) is 11.3 Å². The zero-order chi connectivity index (χ0) is 17.4. The molecular weight excluding hydrogens is 306 g/mol. The first kappa shape index (κ1) is 15.9. The molecule has 0 aliphatic heterocycles. The van der Waals surface area contributed by atoms with Gasteiger partial charge in [-0.3, -0.25) is 9.78 Å². The number of hydrogen-bond donors (Lipinski definition) is 1. The Kier molecular flexibility index (Phi) is 3.94. The van der Waals surface area contributed by atoms with Crippen LogP contribution < -0.4 is 11.2 Å². The first-order valence-corrected chi connectivity index (χ1v) is 7.53. The van der Waals surface area contributed by atoms with Gasteiger partial charge in [0.2, 0.25) is 0 Å². The predicted octanol–water partition coefficient (Wildman–Crippen LogP) is 1.35. The fourth-order valence-electron chi connectivity index (χ4n) is 2.65. The zero-order valence-corrected chi connectivity index (χ0v) is 13.9. The van der Waals surface area contributed by atoms with Crippen molar-refractivity contribution in [2.45, 2.75) is 13.5 Å². The number of H-pyrrole nitrogens is 1. The summed E-state index contributed by atoms with van der Waals surface area (Å²) in [5.74, 6) is 0. The van der Waals surface area contributed by atoms with Gasteiger partial charge in [-0.05, 0) is 33.2 Å². The lowest BCUT2D eigenvalue weighted by molar-refractivity contribution is 0.393. The van der Waals surface area contributed by atoms with Crippen LogP contribution in [0.4, 0.5) is 0 Å². The maximum Gasteiger partial charge on any atom is 0.334 e. The van der Waals surface area contributed by atoms with Gasteiger partial charge in [-0.2, -0.15) is 0 Å². The summed E-state index contributed by atoms with van der Waals surface area (Å²) in [5, 5.41) is 4.84. The van der Waals surface area contributed by atoms with Gasteiger partial charge in [0.05, 0.1) is 11.4 Å². The quantitative estimate of drug-likeness (QED) is 0.785. The summed E-state index contributed by atoms with van der Waals surface area (Å²) in [5.41, 5.74) is 1.99. The molecule has 0 atom stereocenters. The van der Waals surface area contributed by atoms with Gasteiger partial charge in [-0.25, -0.2) is 14.0 Å². The molecule has 7 nitrogen and oxygen atoms in total. The van der Waals surface area contributed by atoms with E-state index in [4.69, 9.17) is 0 Å². The van der Waals surface area contributed by atoms with Crippen LogP contribution in [0.3, 0.4) is 0 Å². The van der Waals surface area contributed by atoms with E-state index >= 15 is 0 Å². The van der Waals surface area contributed by atoms with E-state index in [1.54, 1.807) is 4.68 Å². The fraction of sp³-hybridized carbons (Fsp3) is 0.235. The second kappa shape index (κ2) is 5.93. The number of nitrogens with one attached hydrogen (secondary N) is 1. The van der Waals surface area contributed by atoms with Crippen LogP contribution >= 0.6 is 0 Å². The van der Waals surface area contributed by atoms with E-state index in [1.165, 1.54) is 6.20 Å². The molecule has 0 saturated heterocycles. The van der Waals surface area contributed by atoms with Crippen molar-refractivity contribution in [2.75, 3.05) is 14.1 Å². The van der Waals surface area contributed by atoms with Crippen LogP contribution in [0.5, 0.6) is 0 Å². The molecule has 0 fully saturated rings. The summed E-state index contributed by atoms with van der Waals surface area (Å²) in [6.07, 6.45) is 1.21. The average Bonchev–Trinajstić information content (AvgIpc) is 2.86. The number of hydrogen-bond acceptors (Lipinski definition) is 4. The third-order valence-corrected chi connectivity index (χ3v) is 3.78. The molecule has 3 rings (SSSR count). The topological polar surface area (TPSA) is 75.9 Å². The van der Waals surface area contributed by atoms with E-state index in [0.29, 0.717) is 11.9 Å². The van der Waals surface area contributed by atoms with E-state index in [1.807, 2.05) is 50.2 Å². The minimum Gasteiger partial charge on any atom is -0.304 e. The number of aryl methyl sites for hydroxylation is 1. The maximum atomic E-state index is 12.7. The first-order valence-electron chi connectivity index (χ1n) is 7.53. The van der Waals surface area contributed by atoms with Crippen molar-refractivity contribution in [3.05, 3.63) is 62.9 Å². The number of aromatic amines is 1. The number of rotatable bonds is 4. The Balaban J connectivity index is 2.39. The minimum atomic E-state index is -0.549. The number of fused-ring (bicyclic) bond motifs is 1. The third kappa shape index (κ3) is 2.59. The lowest BCUT2D eigenvalue weighted by Crippen LogP contribution is -2.31. The van der Waals surface area contributed by atoms with Gasteiger partial charge in [0.15, 0.2) is 5.65 Å². The molecular formula is C17H19N5O2. The zero-order valence-electron chi connectivity index (χ0n) is 13.9. The van der Waals surface area contributed by atoms with Crippen molar-refractivity contribution in [1.82, 2.24) is 24.2 Å². The summed E-state index contributed by atoms with van der Waals surface area (Å²) < 4.78 is 2.66. The molecule has 0 radical (unpaired) electrons. The average molecular weight is 325 g/mol. The molecule has 24 heavy (non-hydrogen) atoms. The molecule has 0 aliphatic carbocycles. The lowest BCUT2D eigenvalue weighted by atomic mass is 10.2. The van der Waals surface area contributed by atoms with Crippen molar-refractivity contribution in [3.63, 3.8) is 0 Å². The standard InChI is InChI=1S/C17H19N5O2/c1-5-21-16(23)14-13(10-20(3)4)22(19-15(14)18-17(21)24)12-8-6-11(2)7-9-12/h5-9H,1,10H2,2-4H3,(H,18,19,24). The summed E-state index contributed by atoms with van der Waals surface area (Å²) in [7, 11) is 3.83. The van der Waals surface area contributed by atoms with Crippen LogP contribution in [-0.2, 0) is 6.54 Å². The minimum absolute atomic E-state index is 0.278. The monoisotopic (exact) mass is 325 g/mol. The third-order valence-electron chi connectivity index (χ3n) is 3.78. The van der Waals surface area contributed by atoms with E-state index < -0.39 is 11.2 Å². The summed E-state index contributed by atoms with van der Waals surface area (Å²) in [6.45, 7) is 6.04. The normalized spacial score (nSPS) is 11.3. The van der Waals surface area contributed by atoms with Crippen LogP contribution in [-0.4, -0.2) is 38.3 Å². The highest BCUT2D eigenvalue weighted by atomic mass is 16.2. The van der Waals surface area contributed by atoms with Crippen molar-refractivity contribution in [1.29, 1.82) is 0 Å². The van der Waals surface area contributed by atoms with Crippen LogP contribution in [0.2, 0.25) is 0 Å². The molecule has 124 valence electrons. The molecule has 0 bridgehead atoms. The Hall–Kier alpha value is -2.93. The fourth-order valence-corrected chi connectivity index (χ4v) is 2.65. The maximum absolute atomic E-state index is 12.7. The molecule has 1 N–H and O–H groups in total. The SMILES string of the molecule is C=Cn1c(=O)[nH]c2nn(-c3ccc(C)cc3)c(CN(C)C)c2c1=O. The summed E-state index contributed by atoms with van der Waals surface area (Å²) in [6, 6.07) is 7.83. The Morgan fingerprint density at radius 3 is 2.50 bits per heavy atom. The highest BCUT2D eigenvalue weighted by Crippen LogP contribution is 2.19. The smallest absolute Gasteiger partial charge is 0.304 e. The molecule has 0 aliphatic rings. The van der Waals surface area contributed by atoms with Crippen LogP contribution in [0, 0.1) is 6.92 Å². The Bertz CT molecular complexity index is 1020. The molecule has 1 aromatic carbocycles. The van der Waals surface area contributed by atoms with Gasteiger partial charge >= 0.3 is 5.69 Å². The van der Waals surface area contributed by atoms with E-state index in [-0.39, 0.29) is 5.65 Å². The molecule has 7 heteroatoms. The molecule has 0 amide bonds. The molecule has 0 unspecified atom stereocenters. The molecule has 2 heterocycles. The van der Waals surface area contributed by atoms with Crippen LogP contribution in [0.25, 0.3) is 22.9 Å². The van der Waals surface area contributed by atoms with Gasteiger partial charge < -0.3 is 4.90 Å². The van der Waals surface area contributed by atoms with Crippen molar-refractivity contribution < 1.29 is 0 Å². The van der Waals surface area contributed by atoms with Gasteiger partial charge in [-0.1, -0.05) is 24.3 Å². The lowest BCUT2D eigenvalue weighted by Gasteiger charge is -2.12. The number of benzene rings is 1. The Labute approximate surface area is 138 Å². The molecule has 0 spiro atoms. The van der Waals surface area contributed by atoms with Crippen molar-refractivity contribution in [3.8, 4) is 5.69 Å². The Morgan fingerprint density at radius 1 is 1.25 bits per heavy atom. The van der Waals surface area contributed by atoms with Crippen LogP contribution in [0.15, 0.2) is 40.4 Å². The van der Waals surface area contributed by atoms with E-state index in [0.717, 1.165) is 21.5 Å². The number of aromatic nitrogens is 4. The highest BCUT2D eigenvalue weighted by molar-refractivity contribution is 5.78. The van der Waals surface area contributed by atoms with E-state index in [9.17, 15) is 9.59 Å². The molecule has 0 saturated carbocycles. The van der Waals surface area contributed by atoms with Gasteiger partial charge in [0, 0.05) is 12.7 Å². The van der Waals surface area contributed by atoms with Gasteiger partial charge in [-0.15, -0.1) is 5.10 Å². The van der Waals surface area contributed by atoms with Crippen molar-refractivity contribution >= 4 is 17.2 Å². The Morgan fingerprint density at radius 2 is 1.92 bits per heavy atom. The summed E-state index contributed by atoms with van der Waals surface area (Å²) >= 11 is 0. The van der Waals surface area contributed by atoms with Gasteiger partial charge in [0.1, 0.15) is 5.39 Å². The summed E-state index contributed by atoms with van der Waals surface area (Å²) in [4.78, 5) is 29.3. The largest absolute Gasteiger partial charge is 0.334 e. The highest BCUT2D eigenvalue weighted by Gasteiger charge is 2.19. The molecule has 2 aromatic heterocycles. The van der Waals surface area contributed by atoms with Gasteiger partial charge in [0.25, 0.3) is 5.56 Å². The predicted molar refractivity (Wildman–Crippen MR) is 94.5 cm³/mol.